The van der Waals surface area contributed by atoms with Crippen molar-refractivity contribution in [1.29, 1.82) is 0 Å². The van der Waals surface area contributed by atoms with Crippen LogP contribution in [0.25, 0.3) is 11.0 Å². The van der Waals surface area contributed by atoms with Gasteiger partial charge in [0.05, 0.1) is 16.0 Å². The summed E-state index contributed by atoms with van der Waals surface area (Å²) in [6.07, 6.45) is 3.24. The highest BCUT2D eigenvalue weighted by Crippen LogP contribution is 2.31. The zero-order chi connectivity index (χ0) is 12.7. The Morgan fingerprint density at radius 3 is 3.00 bits per heavy atom. The van der Waals surface area contributed by atoms with Gasteiger partial charge in [-0.1, -0.05) is 0 Å². The van der Waals surface area contributed by atoms with E-state index in [0.29, 0.717) is 5.69 Å². The second-order valence-corrected chi connectivity index (χ2v) is 4.50. The van der Waals surface area contributed by atoms with Crippen LogP contribution in [0.15, 0.2) is 12.1 Å². The number of benzene rings is 1. The number of nitrogens with one attached hydrogen (secondary N) is 1. The van der Waals surface area contributed by atoms with Crippen LogP contribution >= 0.6 is 0 Å². The minimum absolute atomic E-state index is 0.0837. The number of nitrogens with zero attached hydrogens (tertiary/aromatic N) is 3. The third-order valence-corrected chi connectivity index (χ3v) is 3.44. The van der Waals surface area contributed by atoms with Crippen molar-refractivity contribution < 1.29 is 4.92 Å². The molecule has 0 radical (unpaired) electrons. The van der Waals surface area contributed by atoms with Crippen LogP contribution < -0.4 is 5.32 Å². The molecule has 18 heavy (non-hydrogen) atoms. The third kappa shape index (κ3) is 1.53. The Bertz CT molecular complexity index is 633. The molecule has 94 valence electrons. The fourth-order valence-corrected chi connectivity index (χ4v) is 2.55. The third-order valence-electron chi connectivity index (χ3n) is 3.44. The van der Waals surface area contributed by atoms with Crippen LogP contribution in [0.2, 0.25) is 0 Å². The van der Waals surface area contributed by atoms with E-state index in [1.165, 1.54) is 0 Å². The molecule has 0 fully saturated rings. The van der Waals surface area contributed by atoms with E-state index >= 15 is 0 Å². The van der Waals surface area contributed by atoms with Crippen molar-refractivity contribution in [2.75, 3.05) is 12.4 Å². The predicted octanol–water partition coefficient (Wildman–Crippen LogP) is 2.32. The van der Waals surface area contributed by atoms with E-state index in [4.69, 9.17) is 0 Å². The lowest BCUT2D eigenvalue weighted by molar-refractivity contribution is -0.383. The number of hydrogen-bond donors (Lipinski definition) is 1. The summed E-state index contributed by atoms with van der Waals surface area (Å²) in [5.41, 5.74) is 2.33. The lowest BCUT2D eigenvalue weighted by Crippen LogP contribution is -2.10. The average Bonchev–Trinajstić information content (AvgIpc) is 2.74. The predicted molar refractivity (Wildman–Crippen MR) is 68.9 cm³/mol. The molecule has 1 aromatic heterocycles. The molecule has 2 heterocycles. The Kier molecular flexibility index (Phi) is 2.43. The molecule has 0 saturated carbocycles. The standard InChI is InChI=1S/C12H14N4O2/c1-13-8-6-10-9(7-11(8)16(17)18)14-12-4-2-3-5-15(10)12/h6-7,13H,2-5H2,1H3. The molecule has 3 rings (SSSR count). The summed E-state index contributed by atoms with van der Waals surface area (Å²) >= 11 is 0. The maximum atomic E-state index is 11.0. The summed E-state index contributed by atoms with van der Waals surface area (Å²) in [6, 6.07) is 3.39. The van der Waals surface area contributed by atoms with E-state index in [1.807, 2.05) is 6.07 Å². The van der Waals surface area contributed by atoms with Gasteiger partial charge in [-0.3, -0.25) is 10.1 Å². The topological polar surface area (TPSA) is 73.0 Å². The molecule has 0 amide bonds. The summed E-state index contributed by atoms with van der Waals surface area (Å²) < 4.78 is 2.17. The van der Waals surface area contributed by atoms with Gasteiger partial charge in [-0.15, -0.1) is 0 Å². The van der Waals surface area contributed by atoms with E-state index in [0.717, 1.165) is 42.7 Å². The van der Waals surface area contributed by atoms with Crippen LogP contribution in [0, 0.1) is 10.1 Å². The van der Waals surface area contributed by atoms with Gasteiger partial charge < -0.3 is 9.88 Å². The summed E-state index contributed by atoms with van der Waals surface area (Å²) in [5, 5.41) is 13.9. The summed E-state index contributed by atoms with van der Waals surface area (Å²) in [4.78, 5) is 15.1. The molecular formula is C12H14N4O2. The lowest BCUT2D eigenvalue weighted by Gasteiger charge is -2.14. The first-order valence-corrected chi connectivity index (χ1v) is 6.06. The molecule has 2 aromatic rings. The van der Waals surface area contributed by atoms with Gasteiger partial charge in [-0.05, 0) is 18.9 Å². The van der Waals surface area contributed by atoms with E-state index in [1.54, 1.807) is 13.1 Å². The fraction of sp³-hybridized carbons (Fsp3) is 0.417. The van der Waals surface area contributed by atoms with Crippen LogP contribution in [0.1, 0.15) is 18.7 Å². The van der Waals surface area contributed by atoms with E-state index in [2.05, 4.69) is 14.9 Å². The molecule has 0 saturated heterocycles. The van der Waals surface area contributed by atoms with Gasteiger partial charge in [0, 0.05) is 26.1 Å². The maximum Gasteiger partial charge on any atom is 0.294 e. The van der Waals surface area contributed by atoms with Gasteiger partial charge in [0.2, 0.25) is 0 Å². The van der Waals surface area contributed by atoms with Crippen molar-refractivity contribution >= 4 is 22.4 Å². The average molecular weight is 246 g/mol. The monoisotopic (exact) mass is 246 g/mol. The second kappa shape index (κ2) is 3.97. The Morgan fingerprint density at radius 1 is 1.44 bits per heavy atom. The zero-order valence-corrected chi connectivity index (χ0v) is 10.1. The van der Waals surface area contributed by atoms with E-state index < -0.39 is 0 Å². The largest absolute Gasteiger partial charge is 0.383 e. The SMILES string of the molecule is CNc1cc2c(cc1[N+](=O)[O-])nc1n2CCCC1. The number of nitro groups is 1. The number of rotatable bonds is 2. The first-order chi connectivity index (χ1) is 8.70. The van der Waals surface area contributed by atoms with Crippen molar-refractivity contribution in [3.05, 3.63) is 28.1 Å². The zero-order valence-electron chi connectivity index (χ0n) is 10.1. The minimum Gasteiger partial charge on any atom is -0.383 e. The number of anilines is 1. The van der Waals surface area contributed by atoms with Crippen molar-refractivity contribution in [1.82, 2.24) is 9.55 Å². The highest BCUT2D eigenvalue weighted by atomic mass is 16.6. The van der Waals surface area contributed by atoms with Crippen LogP contribution in [-0.4, -0.2) is 21.5 Å². The number of hydrogen-bond acceptors (Lipinski definition) is 4. The van der Waals surface area contributed by atoms with Crippen molar-refractivity contribution in [3.63, 3.8) is 0 Å². The molecule has 1 aliphatic heterocycles. The van der Waals surface area contributed by atoms with Crippen molar-refractivity contribution in [3.8, 4) is 0 Å². The van der Waals surface area contributed by atoms with Gasteiger partial charge in [-0.2, -0.15) is 0 Å². The normalized spacial score (nSPS) is 14.5. The Morgan fingerprint density at radius 2 is 2.28 bits per heavy atom. The summed E-state index contributed by atoms with van der Waals surface area (Å²) in [5.74, 6) is 1.04. The first-order valence-electron chi connectivity index (χ1n) is 6.06. The van der Waals surface area contributed by atoms with Crippen LogP contribution in [0.4, 0.5) is 11.4 Å². The molecule has 6 heteroatoms. The molecule has 0 spiro atoms. The first kappa shape index (κ1) is 11.0. The molecule has 0 unspecified atom stereocenters. The Balaban J connectivity index is 2.27. The maximum absolute atomic E-state index is 11.0. The Labute approximate surface area is 104 Å². The van der Waals surface area contributed by atoms with Crippen molar-refractivity contribution in [2.45, 2.75) is 25.8 Å². The molecule has 1 aliphatic rings. The number of imidazole rings is 1. The highest BCUT2D eigenvalue weighted by Gasteiger charge is 2.20. The van der Waals surface area contributed by atoms with Crippen LogP contribution in [-0.2, 0) is 13.0 Å². The number of aromatic nitrogens is 2. The lowest BCUT2D eigenvalue weighted by atomic mass is 10.1. The second-order valence-electron chi connectivity index (χ2n) is 4.50. The number of fused-ring (bicyclic) bond motifs is 3. The van der Waals surface area contributed by atoms with Crippen molar-refractivity contribution in [2.24, 2.45) is 0 Å². The molecule has 0 aliphatic carbocycles. The quantitative estimate of drug-likeness (QED) is 0.652. The smallest absolute Gasteiger partial charge is 0.294 e. The van der Waals surface area contributed by atoms with Gasteiger partial charge in [-0.25, -0.2) is 4.98 Å². The molecular weight excluding hydrogens is 232 g/mol. The fourth-order valence-electron chi connectivity index (χ4n) is 2.55. The highest BCUT2D eigenvalue weighted by molar-refractivity contribution is 5.85. The van der Waals surface area contributed by atoms with E-state index in [-0.39, 0.29) is 10.6 Å². The van der Waals surface area contributed by atoms with Gasteiger partial charge in [0.15, 0.2) is 0 Å². The molecule has 1 aromatic carbocycles. The number of aryl methyl sites for hydroxylation is 2. The molecule has 6 nitrogen and oxygen atoms in total. The van der Waals surface area contributed by atoms with Crippen LogP contribution in [0.3, 0.4) is 0 Å². The van der Waals surface area contributed by atoms with Gasteiger partial charge in [0.1, 0.15) is 11.5 Å². The van der Waals surface area contributed by atoms with Gasteiger partial charge >= 0.3 is 0 Å². The molecule has 0 atom stereocenters. The van der Waals surface area contributed by atoms with Gasteiger partial charge in [0.25, 0.3) is 5.69 Å². The summed E-state index contributed by atoms with van der Waals surface area (Å²) in [6.45, 7) is 0.951. The minimum atomic E-state index is -0.371. The Hall–Kier alpha value is -2.11. The number of nitro benzene ring substituents is 1. The molecule has 0 bridgehead atoms. The van der Waals surface area contributed by atoms with Crippen LogP contribution in [0.5, 0.6) is 0 Å². The van der Waals surface area contributed by atoms with E-state index in [9.17, 15) is 10.1 Å². The molecule has 1 N–H and O–H groups in total. The summed E-state index contributed by atoms with van der Waals surface area (Å²) in [7, 11) is 1.70.